The maximum atomic E-state index is 15.6. The second-order valence-electron chi connectivity index (χ2n) is 11.0. The summed E-state index contributed by atoms with van der Waals surface area (Å²) < 4.78 is 43.4. The molecule has 1 fully saturated rings. The third kappa shape index (κ3) is 4.32. The number of halogens is 2. The first-order valence-electron chi connectivity index (χ1n) is 13.3. The molecule has 39 heavy (non-hydrogen) atoms. The monoisotopic (exact) mass is 531 g/mol. The molecule has 5 aromatic rings. The number of aliphatic hydroxyl groups is 1. The number of aryl methyl sites for hydroxylation is 2. The fourth-order valence-electron chi connectivity index (χ4n) is 6.00. The quantitative estimate of drug-likeness (QED) is 0.265. The standard InChI is InChI=1S/C31H31F2N3O3/c1-17-27(18(2)39-35-17)20-14-26-29(34-16-20)22-9-8-21(31(3,4)37)15-25(22)36(26)30(19-10-12-38-13-11-19)23-6-5-7-24(32)28(23)33/h5-9,14-16,19,30,37H,10-13H2,1-4H3. The van der Waals surface area contributed by atoms with Crippen LogP contribution in [0.5, 0.6) is 0 Å². The van der Waals surface area contributed by atoms with Gasteiger partial charge in [0.05, 0.1) is 33.9 Å². The molecule has 1 atom stereocenters. The van der Waals surface area contributed by atoms with Crippen LogP contribution in [0.15, 0.2) is 53.2 Å². The van der Waals surface area contributed by atoms with Crippen LogP contribution >= 0.6 is 0 Å². The van der Waals surface area contributed by atoms with Gasteiger partial charge in [-0.1, -0.05) is 29.4 Å². The average molecular weight is 532 g/mol. The largest absolute Gasteiger partial charge is 0.386 e. The number of hydrogen-bond donors (Lipinski definition) is 1. The normalized spacial score (nSPS) is 15.9. The Balaban J connectivity index is 1.72. The molecule has 4 heterocycles. The van der Waals surface area contributed by atoms with E-state index < -0.39 is 23.3 Å². The Kier molecular flexibility index (Phi) is 6.27. The minimum absolute atomic E-state index is 0.0117. The molecule has 6 rings (SSSR count). The molecule has 0 aliphatic carbocycles. The molecule has 2 aromatic carbocycles. The summed E-state index contributed by atoms with van der Waals surface area (Å²) in [5.74, 6) is -1.06. The van der Waals surface area contributed by atoms with Crippen LogP contribution in [0.4, 0.5) is 8.78 Å². The van der Waals surface area contributed by atoms with E-state index in [4.69, 9.17) is 14.2 Å². The fraction of sp³-hybridized carbons (Fsp3) is 0.355. The van der Waals surface area contributed by atoms with E-state index in [1.807, 2.05) is 38.1 Å². The highest BCUT2D eigenvalue weighted by molar-refractivity contribution is 6.07. The molecular formula is C31H31F2N3O3. The Bertz CT molecular complexity index is 1670. The fourth-order valence-corrected chi connectivity index (χ4v) is 6.00. The van der Waals surface area contributed by atoms with Gasteiger partial charge in [-0.15, -0.1) is 0 Å². The number of hydrogen-bond acceptors (Lipinski definition) is 5. The van der Waals surface area contributed by atoms with Gasteiger partial charge in [-0.25, -0.2) is 8.78 Å². The van der Waals surface area contributed by atoms with Crippen LogP contribution in [0.2, 0.25) is 0 Å². The Hall–Kier alpha value is -3.62. The second kappa shape index (κ2) is 9.54. The van der Waals surface area contributed by atoms with Crippen LogP contribution in [0.3, 0.4) is 0 Å². The van der Waals surface area contributed by atoms with Crippen molar-refractivity contribution in [3.63, 3.8) is 0 Å². The minimum atomic E-state index is -1.09. The highest BCUT2D eigenvalue weighted by Crippen LogP contribution is 2.43. The van der Waals surface area contributed by atoms with Crippen LogP contribution in [-0.4, -0.2) is 33.0 Å². The number of rotatable bonds is 5. The summed E-state index contributed by atoms with van der Waals surface area (Å²) in [4.78, 5) is 4.88. The molecule has 6 nitrogen and oxygen atoms in total. The van der Waals surface area contributed by atoms with E-state index in [1.54, 1.807) is 32.2 Å². The van der Waals surface area contributed by atoms with Crippen LogP contribution in [0.25, 0.3) is 33.1 Å². The van der Waals surface area contributed by atoms with Crippen molar-refractivity contribution in [2.45, 2.75) is 52.2 Å². The summed E-state index contributed by atoms with van der Waals surface area (Å²) in [7, 11) is 0. The van der Waals surface area contributed by atoms with Crippen molar-refractivity contribution in [1.29, 1.82) is 0 Å². The lowest BCUT2D eigenvalue weighted by atomic mass is 9.86. The van der Waals surface area contributed by atoms with Crippen molar-refractivity contribution in [3.8, 4) is 11.1 Å². The molecular weight excluding hydrogens is 500 g/mol. The van der Waals surface area contributed by atoms with Crippen molar-refractivity contribution >= 4 is 21.9 Å². The Morgan fingerprint density at radius 1 is 1.05 bits per heavy atom. The molecule has 3 aromatic heterocycles. The molecule has 1 unspecified atom stereocenters. The number of benzene rings is 2. The van der Waals surface area contributed by atoms with Gasteiger partial charge in [0, 0.05) is 41.5 Å². The highest BCUT2D eigenvalue weighted by Gasteiger charge is 2.33. The molecule has 0 bridgehead atoms. The van der Waals surface area contributed by atoms with E-state index in [0.29, 0.717) is 31.8 Å². The molecule has 1 aliphatic heterocycles. The van der Waals surface area contributed by atoms with Crippen LogP contribution in [0, 0.1) is 31.4 Å². The van der Waals surface area contributed by atoms with E-state index in [9.17, 15) is 9.50 Å². The number of nitrogens with zero attached hydrogens (tertiary/aromatic N) is 3. The van der Waals surface area contributed by atoms with Gasteiger partial charge in [-0.3, -0.25) is 4.98 Å². The lowest BCUT2D eigenvalue weighted by Gasteiger charge is -2.33. The molecule has 8 heteroatoms. The smallest absolute Gasteiger partial charge is 0.164 e. The van der Waals surface area contributed by atoms with Crippen molar-refractivity contribution < 1.29 is 23.1 Å². The van der Waals surface area contributed by atoms with Crippen molar-refractivity contribution in [3.05, 3.63) is 82.9 Å². The SMILES string of the molecule is Cc1noc(C)c1-c1cnc2c3ccc(C(C)(C)O)cc3n(C(c3cccc(F)c3F)C3CCOCC3)c2c1. The first-order chi connectivity index (χ1) is 18.6. The van der Waals surface area contributed by atoms with Crippen LogP contribution in [0.1, 0.15) is 55.3 Å². The summed E-state index contributed by atoms with van der Waals surface area (Å²) >= 11 is 0. The zero-order chi connectivity index (χ0) is 27.5. The predicted molar refractivity (Wildman–Crippen MR) is 145 cm³/mol. The number of fused-ring (bicyclic) bond motifs is 3. The third-order valence-corrected chi connectivity index (χ3v) is 7.96. The summed E-state index contributed by atoms with van der Waals surface area (Å²) in [5.41, 5.74) is 4.68. The lowest BCUT2D eigenvalue weighted by Crippen LogP contribution is -2.28. The predicted octanol–water partition coefficient (Wildman–Crippen LogP) is 6.98. The van der Waals surface area contributed by atoms with E-state index in [-0.39, 0.29) is 11.5 Å². The van der Waals surface area contributed by atoms with Gasteiger partial charge in [0.2, 0.25) is 0 Å². The number of pyridine rings is 1. The van der Waals surface area contributed by atoms with Crippen LogP contribution in [-0.2, 0) is 10.3 Å². The molecule has 202 valence electrons. The van der Waals surface area contributed by atoms with Gasteiger partial charge < -0.3 is 18.9 Å². The summed E-state index contributed by atoms with van der Waals surface area (Å²) in [6.45, 7) is 8.31. The van der Waals surface area contributed by atoms with Gasteiger partial charge >= 0.3 is 0 Å². The lowest BCUT2D eigenvalue weighted by molar-refractivity contribution is 0.0547. The Morgan fingerprint density at radius 3 is 2.51 bits per heavy atom. The molecule has 0 radical (unpaired) electrons. The van der Waals surface area contributed by atoms with Gasteiger partial charge in [0.15, 0.2) is 11.6 Å². The zero-order valence-corrected chi connectivity index (χ0v) is 22.5. The average Bonchev–Trinajstić information content (AvgIpc) is 3.42. The van der Waals surface area contributed by atoms with E-state index in [2.05, 4.69) is 9.72 Å². The first-order valence-corrected chi connectivity index (χ1v) is 13.3. The molecule has 0 saturated carbocycles. The van der Waals surface area contributed by atoms with Gasteiger partial charge in [-0.2, -0.15) is 0 Å². The van der Waals surface area contributed by atoms with Crippen molar-refractivity contribution in [2.75, 3.05) is 13.2 Å². The first kappa shape index (κ1) is 25.6. The zero-order valence-electron chi connectivity index (χ0n) is 22.5. The maximum absolute atomic E-state index is 15.6. The number of aromatic nitrogens is 3. The maximum Gasteiger partial charge on any atom is 0.164 e. The summed E-state index contributed by atoms with van der Waals surface area (Å²) in [5, 5.41) is 15.8. The van der Waals surface area contributed by atoms with Crippen molar-refractivity contribution in [1.82, 2.24) is 14.7 Å². The second-order valence-corrected chi connectivity index (χ2v) is 11.0. The number of ether oxygens (including phenoxy) is 1. The van der Waals surface area contributed by atoms with Gasteiger partial charge in [0.1, 0.15) is 5.76 Å². The van der Waals surface area contributed by atoms with E-state index >= 15 is 4.39 Å². The summed E-state index contributed by atoms with van der Waals surface area (Å²) in [6.07, 6.45) is 3.20. The summed E-state index contributed by atoms with van der Waals surface area (Å²) in [6, 6.07) is 11.7. The Labute approximate surface area is 225 Å². The van der Waals surface area contributed by atoms with Gasteiger partial charge in [-0.05, 0) is 70.2 Å². The minimum Gasteiger partial charge on any atom is -0.386 e. The van der Waals surface area contributed by atoms with Crippen LogP contribution < -0.4 is 0 Å². The molecule has 1 N–H and O–H groups in total. The molecule has 0 amide bonds. The molecule has 0 spiro atoms. The van der Waals surface area contributed by atoms with Gasteiger partial charge in [0.25, 0.3) is 0 Å². The molecule has 1 aliphatic rings. The Morgan fingerprint density at radius 2 is 1.82 bits per heavy atom. The topological polar surface area (TPSA) is 73.3 Å². The molecule has 1 saturated heterocycles. The van der Waals surface area contributed by atoms with E-state index in [0.717, 1.165) is 50.4 Å². The van der Waals surface area contributed by atoms with E-state index in [1.165, 1.54) is 0 Å². The van der Waals surface area contributed by atoms with Crippen molar-refractivity contribution in [2.24, 2.45) is 5.92 Å². The highest BCUT2D eigenvalue weighted by atomic mass is 19.2. The third-order valence-electron chi connectivity index (χ3n) is 7.96.